The molecule has 2 aromatic heterocycles. The van der Waals surface area contributed by atoms with E-state index in [1.807, 2.05) is 0 Å². The van der Waals surface area contributed by atoms with Crippen LogP contribution in [0.2, 0.25) is 5.15 Å². The van der Waals surface area contributed by atoms with Crippen molar-refractivity contribution in [3.63, 3.8) is 0 Å². The number of aliphatic hydroxyl groups excluding tert-OH is 2. The molecule has 5 unspecified atom stereocenters. The van der Waals surface area contributed by atoms with Crippen molar-refractivity contribution >= 4 is 30.4 Å². The van der Waals surface area contributed by atoms with Crippen LogP contribution in [0.25, 0.3) is 11.2 Å². The van der Waals surface area contributed by atoms with Crippen LogP contribution in [-0.4, -0.2) is 69.0 Å². The highest BCUT2D eigenvalue weighted by Gasteiger charge is 2.51. The summed E-state index contributed by atoms with van der Waals surface area (Å²) in [6.07, 6.45) is -1.29. The van der Waals surface area contributed by atoms with Crippen molar-refractivity contribution in [3.8, 4) is 0 Å². The summed E-state index contributed by atoms with van der Waals surface area (Å²) in [6.45, 7) is 5.93. The summed E-state index contributed by atoms with van der Waals surface area (Å²) in [7, 11) is -4.42. The van der Waals surface area contributed by atoms with Crippen molar-refractivity contribution in [2.75, 3.05) is 0 Å². The molecule has 0 aliphatic carbocycles. The van der Waals surface area contributed by atoms with Crippen LogP contribution in [0, 0.1) is 0 Å². The van der Waals surface area contributed by atoms with Gasteiger partial charge in [0.25, 0.3) is 0 Å². The van der Waals surface area contributed by atoms with Crippen LogP contribution >= 0.6 is 19.2 Å². The topological polar surface area (TPSA) is 160 Å². The molecule has 1 aliphatic rings. The van der Waals surface area contributed by atoms with Crippen LogP contribution < -0.4 is 0 Å². The Balaban J connectivity index is 1.87. The number of imidazole rings is 1. The third kappa shape index (κ3) is 4.51. The average molecular weight is 479 g/mol. The van der Waals surface area contributed by atoms with Gasteiger partial charge < -0.3 is 24.9 Å². The first kappa shape index (κ1) is 24.5. The van der Waals surface area contributed by atoms with E-state index in [1.54, 1.807) is 13.8 Å². The van der Waals surface area contributed by atoms with Crippen molar-refractivity contribution in [1.29, 1.82) is 0 Å². The molecule has 1 aliphatic heterocycles. The first-order valence-electron chi connectivity index (χ1n) is 9.96. The third-order valence-corrected chi connectivity index (χ3v) is 8.09. The quantitative estimate of drug-likeness (QED) is 0.326. The first-order chi connectivity index (χ1) is 14.4. The lowest BCUT2D eigenvalue weighted by atomic mass is 9.88. The summed E-state index contributed by atoms with van der Waals surface area (Å²) in [5.74, 6) is 0. The van der Waals surface area contributed by atoms with Crippen LogP contribution in [0.4, 0.5) is 0 Å². The van der Waals surface area contributed by atoms with Gasteiger partial charge in [-0.15, -0.1) is 0 Å². The van der Waals surface area contributed by atoms with Crippen molar-refractivity contribution < 1.29 is 34.0 Å². The molecule has 0 radical (unpaired) electrons. The molecule has 174 valence electrons. The zero-order valence-electron chi connectivity index (χ0n) is 17.7. The molecular weight excluding hydrogens is 451 g/mol. The van der Waals surface area contributed by atoms with Crippen LogP contribution in [-0.2, 0) is 13.8 Å². The molecule has 0 amide bonds. The molecule has 1 saturated heterocycles. The Bertz CT molecular complexity index is 977. The maximum absolute atomic E-state index is 12.6. The summed E-state index contributed by atoms with van der Waals surface area (Å²) < 4.78 is 25.6. The molecule has 11 nitrogen and oxygen atoms in total. The summed E-state index contributed by atoms with van der Waals surface area (Å²) in [4.78, 5) is 22.4. The minimum absolute atomic E-state index is 0.0116. The van der Waals surface area contributed by atoms with Crippen LogP contribution in [0.1, 0.15) is 53.2 Å². The van der Waals surface area contributed by atoms with Crippen molar-refractivity contribution in [2.45, 2.75) is 82.4 Å². The number of halogens is 1. The number of fused-ring (bicyclic) bond motifs is 1. The zero-order valence-corrected chi connectivity index (χ0v) is 19.4. The highest BCUT2D eigenvalue weighted by molar-refractivity contribution is 7.54. The molecule has 5 atom stereocenters. The molecule has 2 aromatic rings. The van der Waals surface area contributed by atoms with Gasteiger partial charge in [0.15, 0.2) is 22.4 Å². The van der Waals surface area contributed by atoms with Gasteiger partial charge in [-0.3, -0.25) is 13.7 Å². The van der Waals surface area contributed by atoms with Gasteiger partial charge in [0.2, 0.25) is 0 Å². The van der Waals surface area contributed by atoms with E-state index >= 15 is 0 Å². The van der Waals surface area contributed by atoms with E-state index < -0.39 is 43.1 Å². The molecule has 0 bridgehead atoms. The maximum Gasteiger partial charge on any atom is 0.359 e. The summed E-state index contributed by atoms with van der Waals surface area (Å²) in [5, 5.41) is 29.5. The van der Waals surface area contributed by atoms with Gasteiger partial charge in [-0.2, -0.15) is 0 Å². The Morgan fingerprint density at radius 3 is 2.45 bits per heavy atom. The minimum Gasteiger partial charge on any atom is -0.388 e. The van der Waals surface area contributed by atoms with Crippen molar-refractivity contribution in [3.05, 3.63) is 17.8 Å². The second kappa shape index (κ2) is 8.64. The van der Waals surface area contributed by atoms with Crippen LogP contribution in [0.15, 0.2) is 12.7 Å². The number of nitrogens with zero attached hydrogens (tertiary/aromatic N) is 4. The van der Waals surface area contributed by atoms with E-state index in [2.05, 4.69) is 15.0 Å². The number of rotatable bonds is 8. The largest absolute Gasteiger partial charge is 0.388 e. The number of hydrogen-bond donors (Lipinski definition) is 4. The summed E-state index contributed by atoms with van der Waals surface area (Å²) in [5.41, 5.74) is -0.524. The van der Waals surface area contributed by atoms with Crippen LogP contribution in [0.5, 0.6) is 0 Å². The van der Waals surface area contributed by atoms with E-state index in [1.165, 1.54) is 31.1 Å². The number of aliphatic hydroxyl groups is 3. The molecule has 3 rings (SSSR count). The molecule has 0 spiro atoms. The molecule has 3 heterocycles. The fourth-order valence-corrected chi connectivity index (χ4v) is 4.84. The molecule has 0 saturated carbocycles. The summed E-state index contributed by atoms with van der Waals surface area (Å²) in [6, 6.07) is 0. The Morgan fingerprint density at radius 2 is 1.87 bits per heavy atom. The number of aromatic nitrogens is 4. The standard InChI is InChI=1S/C18H28ClN4O7P/c1-5-18(6-2,30-31(27,28)17(3,4)26)7-10-12(24)13(25)16(29-10)23-9-22-11-14(19)20-8-21-15(11)23/h8-10,12-13,16,24-26H,5-7H2,1-4H3,(H,27,28). The zero-order chi connectivity index (χ0) is 23.2. The van der Waals surface area contributed by atoms with Gasteiger partial charge in [0.05, 0.1) is 18.0 Å². The van der Waals surface area contributed by atoms with E-state index in [9.17, 15) is 24.8 Å². The molecule has 31 heavy (non-hydrogen) atoms. The lowest BCUT2D eigenvalue weighted by Gasteiger charge is -2.38. The van der Waals surface area contributed by atoms with Gasteiger partial charge in [-0.1, -0.05) is 25.4 Å². The Hall–Kier alpha value is -1.17. The van der Waals surface area contributed by atoms with Crippen molar-refractivity contribution in [2.24, 2.45) is 0 Å². The highest BCUT2D eigenvalue weighted by atomic mass is 35.5. The van der Waals surface area contributed by atoms with E-state index in [0.717, 1.165) is 0 Å². The Labute approximate surface area is 184 Å². The van der Waals surface area contributed by atoms with Crippen LogP contribution in [0.3, 0.4) is 0 Å². The second-order valence-electron chi connectivity index (χ2n) is 8.24. The summed E-state index contributed by atoms with van der Waals surface area (Å²) >= 11 is 6.03. The molecule has 13 heteroatoms. The van der Waals surface area contributed by atoms with E-state index in [4.69, 9.17) is 20.9 Å². The van der Waals surface area contributed by atoms with Gasteiger partial charge in [0.1, 0.15) is 24.1 Å². The monoisotopic (exact) mass is 478 g/mol. The van der Waals surface area contributed by atoms with E-state index in [-0.39, 0.29) is 11.6 Å². The Morgan fingerprint density at radius 1 is 1.23 bits per heavy atom. The van der Waals surface area contributed by atoms with Gasteiger partial charge in [-0.25, -0.2) is 15.0 Å². The predicted molar refractivity (Wildman–Crippen MR) is 111 cm³/mol. The third-order valence-electron chi connectivity index (χ3n) is 5.80. The lowest BCUT2D eigenvalue weighted by Crippen LogP contribution is -2.41. The fraction of sp³-hybridized carbons (Fsp3) is 0.722. The molecule has 1 fully saturated rings. The van der Waals surface area contributed by atoms with Crippen molar-refractivity contribution in [1.82, 2.24) is 19.5 Å². The van der Waals surface area contributed by atoms with Gasteiger partial charge >= 0.3 is 7.60 Å². The highest BCUT2D eigenvalue weighted by Crippen LogP contribution is 2.58. The second-order valence-corrected chi connectivity index (χ2v) is 10.9. The number of hydrogen-bond acceptors (Lipinski definition) is 9. The van der Waals surface area contributed by atoms with E-state index in [0.29, 0.717) is 24.0 Å². The lowest BCUT2D eigenvalue weighted by molar-refractivity contribution is -0.0747. The minimum atomic E-state index is -4.42. The normalized spacial score (nSPS) is 27.0. The van der Waals surface area contributed by atoms with Gasteiger partial charge in [0, 0.05) is 6.42 Å². The maximum atomic E-state index is 12.6. The first-order valence-corrected chi connectivity index (χ1v) is 11.9. The molecule has 0 aromatic carbocycles. The van der Waals surface area contributed by atoms with Gasteiger partial charge in [-0.05, 0) is 26.7 Å². The predicted octanol–water partition coefficient (Wildman–Crippen LogP) is 1.98. The number of ether oxygens (including phenoxy) is 1. The fourth-order valence-electron chi connectivity index (χ4n) is 3.58. The SMILES string of the molecule is CCC(CC)(CC1OC(n2cnc3c(Cl)ncnc32)C(O)C1O)OP(=O)(O)C(C)(C)O. The Kier molecular flexibility index (Phi) is 6.82. The smallest absolute Gasteiger partial charge is 0.359 e. The molecule has 4 N–H and O–H groups in total. The average Bonchev–Trinajstić information content (AvgIpc) is 3.23. The molecular formula is C18H28ClN4O7P.